The first-order valence-electron chi connectivity index (χ1n) is 15.3. The minimum Gasteiger partial charge on any atom is -0.443 e. The van der Waals surface area contributed by atoms with Crippen LogP contribution >= 0.6 is 11.3 Å². The monoisotopic (exact) mass is 644 g/mol. The summed E-state index contributed by atoms with van der Waals surface area (Å²) in [6.07, 6.45) is 0.542. The predicted molar refractivity (Wildman–Crippen MR) is 167 cm³/mol. The third kappa shape index (κ3) is 7.35. The molecule has 1 aliphatic carbocycles. The smallest absolute Gasteiger partial charge is 0.407 e. The molecule has 0 bridgehead atoms. The molecule has 2 aliphatic heterocycles. The summed E-state index contributed by atoms with van der Waals surface area (Å²) >= 11 is 1.43. The van der Waals surface area contributed by atoms with Crippen molar-refractivity contribution in [2.45, 2.75) is 75.0 Å². The Kier molecular flexibility index (Phi) is 9.41. The maximum Gasteiger partial charge on any atom is 0.407 e. The maximum atomic E-state index is 14.0. The van der Waals surface area contributed by atoms with Crippen molar-refractivity contribution in [1.29, 1.82) is 0 Å². The van der Waals surface area contributed by atoms with Crippen LogP contribution in [0.15, 0.2) is 53.4 Å². The molecule has 3 fully saturated rings. The lowest BCUT2D eigenvalue weighted by atomic mass is 10.0. The number of sulfonamides is 1. The molecule has 3 N–H and O–H groups in total. The number of aliphatic hydroxyl groups is 1. The Balaban J connectivity index is 1.20. The third-order valence-electron chi connectivity index (χ3n) is 8.17. The Morgan fingerprint density at radius 1 is 1.14 bits per heavy atom. The number of hydrogen-bond donors (Lipinski definition) is 3. The number of anilines is 1. The van der Waals surface area contributed by atoms with Crippen LogP contribution < -0.4 is 10.6 Å². The van der Waals surface area contributed by atoms with Crippen molar-refractivity contribution in [2.24, 2.45) is 11.8 Å². The van der Waals surface area contributed by atoms with Gasteiger partial charge in [0.05, 0.1) is 46.4 Å². The average Bonchev–Trinajstić information content (AvgIpc) is 3.35. The molecule has 1 saturated carbocycles. The zero-order valence-corrected chi connectivity index (χ0v) is 26.6. The molecule has 0 radical (unpaired) electrons. The normalized spacial score (nSPS) is 23.2. The van der Waals surface area contributed by atoms with Gasteiger partial charge in [-0.05, 0) is 55.4 Å². The van der Waals surface area contributed by atoms with Gasteiger partial charge in [-0.15, -0.1) is 0 Å². The van der Waals surface area contributed by atoms with E-state index < -0.39 is 34.4 Å². The number of benzene rings is 2. The second-order valence-electron chi connectivity index (χ2n) is 12.3. The van der Waals surface area contributed by atoms with Crippen LogP contribution in [0.25, 0.3) is 10.2 Å². The highest BCUT2D eigenvalue weighted by Crippen LogP contribution is 2.34. The average molecular weight is 645 g/mol. The second kappa shape index (κ2) is 13.3. The van der Waals surface area contributed by atoms with Crippen molar-refractivity contribution in [3.63, 3.8) is 0 Å². The predicted octanol–water partition coefficient (Wildman–Crippen LogP) is 3.98. The van der Waals surface area contributed by atoms with Gasteiger partial charge in [0.2, 0.25) is 10.0 Å². The molecule has 0 unspecified atom stereocenters. The van der Waals surface area contributed by atoms with E-state index in [1.807, 2.05) is 44.2 Å². The van der Waals surface area contributed by atoms with Crippen LogP contribution in [0.3, 0.4) is 0 Å². The van der Waals surface area contributed by atoms with Gasteiger partial charge in [0.1, 0.15) is 6.10 Å². The summed E-state index contributed by atoms with van der Waals surface area (Å²) < 4.78 is 47.0. The fourth-order valence-electron chi connectivity index (χ4n) is 5.71. The fraction of sp³-hybridized carbons (Fsp3) is 0.548. The van der Waals surface area contributed by atoms with Gasteiger partial charge in [-0.2, -0.15) is 4.31 Å². The number of fused-ring (bicyclic) bond motifs is 2. The number of thiazole rings is 1. The van der Waals surface area contributed by atoms with Crippen LogP contribution in [0.4, 0.5) is 9.93 Å². The van der Waals surface area contributed by atoms with E-state index in [0.29, 0.717) is 12.6 Å². The first kappa shape index (κ1) is 31.2. The van der Waals surface area contributed by atoms with E-state index in [2.05, 4.69) is 15.6 Å². The van der Waals surface area contributed by atoms with E-state index in [0.717, 1.165) is 40.2 Å². The first-order chi connectivity index (χ1) is 21.2. The lowest BCUT2D eigenvalue weighted by Crippen LogP contribution is -2.51. The third-order valence-corrected chi connectivity index (χ3v) is 10.9. The molecule has 11 nitrogen and oxygen atoms in total. The van der Waals surface area contributed by atoms with E-state index in [9.17, 15) is 18.3 Å². The summed E-state index contributed by atoms with van der Waals surface area (Å²) in [5.74, 6) is -0.0331. The molecule has 1 aromatic heterocycles. The van der Waals surface area contributed by atoms with Crippen LogP contribution in [-0.2, 0) is 30.7 Å². The molecular weight excluding hydrogens is 604 g/mol. The molecule has 5 atom stereocenters. The summed E-state index contributed by atoms with van der Waals surface area (Å²) in [7, 11) is -3.99. The van der Waals surface area contributed by atoms with Gasteiger partial charge >= 0.3 is 6.09 Å². The van der Waals surface area contributed by atoms with Gasteiger partial charge in [-0.25, -0.2) is 18.2 Å². The van der Waals surface area contributed by atoms with Gasteiger partial charge in [-0.3, -0.25) is 0 Å². The van der Waals surface area contributed by atoms with Crippen molar-refractivity contribution < 1.29 is 32.5 Å². The number of amides is 1. The molecule has 3 aromatic rings. The number of aromatic nitrogens is 1. The number of aliphatic hydroxyl groups excluding tert-OH is 1. The molecule has 13 heteroatoms. The van der Waals surface area contributed by atoms with Crippen LogP contribution in [0.5, 0.6) is 0 Å². The fourth-order valence-corrected chi connectivity index (χ4v) is 8.42. The zero-order valence-electron chi connectivity index (χ0n) is 24.9. The van der Waals surface area contributed by atoms with Crippen molar-refractivity contribution in [3.05, 3.63) is 54.1 Å². The molecule has 238 valence electrons. The van der Waals surface area contributed by atoms with Gasteiger partial charge < -0.3 is 30.0 Å². The first-order valence-corrected chi connectivity index (χ1v) is 17.5. The number of carbonyl (C=O) groups excluding carboxylic acids is 1. The second-order valence-corrected chi connectivity index (χ2v) is 15.2. The van der Waals surface area contributed by atoms with Crippen LogP contribution in [-0.4, -0.2) is 85.8 Å². The SMILES string of the molecule is CC(C)CN(C[C@@H](O)[C@H](Cc1ccccc1)NC(=O)O[C@H]1CO[C@H]2OCC[C@H]21)S(=O)(=O)c1ccc2nc(NC3CC3)sc2c1. The maximum absolute atomic E-state index is 14.0. The van der Waals surface area contributed by atoms with E-state index in [1.165, 1.54) is 15.6 Å². The highest BCUT2D eigenvalue weighted by atomic mass is 32.2. The molecular formula is C31H40N4O7S2. The van der Waals surface area contributed by atoms with E-state index in [4.69, 9.17) is 14.2 Å². The quantitative estimate of drug-likeness (QED) is 0.252. The van der Waals surface area contributed by atoms with Gasteiger partial charge in [-0.1, -0.05) is 55.5 Å². The molecule has 44 heavy (non-hydrogen) atoms. The Bertz CT molecular complexity index is 1550. The lowest BCUT2D eigenvalue weighted by molar-refractivity contribution is -0.0907. The number of alkyl carbamates (subject to hydrolysis) is 1. The number of nitrogens with zero attached hydrogens (tertiary/aromatic N) is 2. The van der Waals surface area contributed by atoms with Gasteiger partial charge in [0.15, 0.2) is 11.4 Å². The standard InChI is InChI=1S/C31H40N4O7S2/c1-19(2)16-35(44(38,39)22-10-11-24-28(15-22)43-30(33-24)32-21-8-9-21)17-26(36)25(14-20-6-4-3-5-7-20)34-31(37)42-27-18-41-29-23(27)12-13-40-29/h3-7,10-11,15,19,21,23,25-27,29,36H,8-9,12-14,16-18H2,1-2H3,(H,32,33)(H,34,37)/t23-,25-,26+,27-,29+/m0/s1. The molecule has 2 saturated heterocycles. The highest BCUT2D eigenvalue weighted by molar-refractivity contribution is 7.89. The number of ether oxygens (including phenoxy) is 3. The minimum absolute atomic E-state index is 0.00658. The summed E-state index contributed by atoms with van der Waals surface area (Å²) in [5.41, 5.74) is 1.62. The minimum atomic E-state index is -3.99. The van der Waals surface area contributed by atoms with E-state index in [-0.39, 0.29) is 49.1 Å². The van der Waals surface area contributed by atoms with E-state index >= 15 is 0 Å². The highest BCUT2D eigenvalue weighted by Gasteiger charge is 2.44. The largest absolute Gasteiger partial charge is 0.443 e. The van der Waals surface area contributed by atoms with Crippen molar-refractivity contribution in [3.8, 4) is 0 Å². The van der Waals surface area contributed by atoms with Gasteiger partial charge in [0, 0.05) is 19.1 Å². The summed E-state index contributed by atoms with van der Waals surface area (Å²) in [5, 5.41) is 18.5. The molecule has 1 amide bonds. The number of nitrogens with one attached hydrogen (secondary N) is 2. The number of hydrogen-bond acceptors (Lipinski definition) is 10. The van der Waals surface area contributed by atoms with E-state index in [1.54, 1.807) is 18.2 Å². The molecule has 2 aromatic carbocycles. The van der Waals surface area contributed by atoms with Gasteiger partial charge in [0.25, 0.3) is 0 Å². The molecule has 3 heterocycles. The van der Waals surface area contributed by atoms with Crippen molar-refractivity contribution >= 4 is 42.8 Å². The Morgan fingerprint density at radius 3 is 2.68 bits per heavy atom. The van der Waals surface area contributed by atoms with Crippen LogP contribution in [0, 0.1) is 11.8 Å². The molecule has 3 aliphatic rings. The summed E-state index contributed by atoms with van der Waals surface area (Å²) in [4.78, 5) is 17.8. The van der Waals surface area contributed by atoms with Crippen LogP contribution in [0.1, 0.15) is 38.7 Å². The molecule has 0 spiro atoms. The Hall–Kier alpha value is -2.81. The number of carbonyl (C=O) groups is 1. The molecule has 6 rings (SSSR count). The Morgan fingerprint density at radius 2 is 1.93 bits per heavy atom. The number of rotatable bonds is 13. The summed E-state index contributed by atoms with van der Waals surface area (Å²) in [6, 6.07) is 14.0. The summed E-state index contributed by atoms with van der Waals surface area (Å²) in [6.45, 7) is 4.64. The van der Waals surface area contributed by atoms with Crippen LogP contribution in [0.2, 0.25) is 0 Å². The Labute approximate surface area is 261 Å². The lowest BCUT2D eigenvalue weighted by Gasteiger charge is -2.31. The topological polar surface area (TPSA) is 139 Å². The zero-order chi connectivity index (χ0) is 30.8. The van der Waals surface area contributed by atoms with Crippen molar-refractivity contribution in [2.75, 3.05) is 31.6 Å². The van der Waals surface area contributed by atoms with Crippen molar-refractivity contribution in [1.82, 2.24) is 14.6 Å².